The van der Waals surface area contributed by atoms with Gasteiger partial charge in [-0.15, -0.1) is 0 Å². The Hall–Kier alpha value is -0.0900. The first-order valence-electron chi connectivity index (χ1n) is 6.92. The highest BCUT2D eigenvalue weighted by atomic mass is 32.2. The number of nitrogens with one attached hydrogen (secondary N) is 1. The molecule has 100 valence electrons. The van der Waals surface area contributed by atoms with Gasteiger partial charge in [-0.3, -0.25) is 0 Å². The molecule has 2 rings (SSSR count). The molecular weight excluding hydrogens is 234 g/mol. The van der Waals surface area contributed by atoms with Crippen LogP contribution in [0, 0.1) is 5.92 Å². The highest BCUT2D eigenvalue weighted by molar-refractivity contribution is 7.91. The third-order valence-corrected chi connectivity index (χ3v) is 6.37. The van der Waals surface area contributed by atoms with Crippen LogP contribution in [0.5, 0.6) is 0 Å². The van der Waals surface area contributed by atoms with Crippen LogP contribution in [0.4, 0.5) is 0 Å². The van der Waals surface area contributed by atoms with E-state index in [-0.39, 0.29) is 5.54 Å². The normalized spacial score (nSPS) is 41.5. The largest absolute Gasteiger partial charge is 0.307 e. The van der Waals surface area contributed by atoms with Gasteiger partial charge in [-0.1, -0.05) is 26.2 Å². The van der Waals surface area contributed by atoms with E-state index in [4.69, 9.17) is 0 Å². The zero-order chi connectivity index (χ0) is 12.5. The van der Waals surface area contributed by atoms with E-state index < -0.39 is 9.84 Å². The van der Waals surface area contributed by atoms with Crippen LogP contribution in [0.3, 0.4) is 0 Å². The van der Waals surface area contributed by atoms with E-state index in [9.17, 15) is 8.42 Å². The molecule has 2 fully saturated rings. The van der Waals surface area contributed by atoms with Crippen molar-refractivity contribution in [2.75, 3.05) is 11.5 Å². The van der Waals surface area contributed by atoms with Gasteiger partial charge in [0.15, 0.2) is 9.84 Å². The van der Waals surface area contributed by atoms with Crippen LogP contribution in [0.15, 0.2) is 0 Å². The Morgan fingerprint density at radius 2 is 2.00 bits per heavy atom. The Balaban J connectivity index is 2.00. The summed E-state index contributed by atoms with van der Waals surface area (Å²) >= 11 is 0. The lowest BCUT2D eigenvalue weighted by molar-refractivity contribution is 0.208. The molecule has 0 aromatic heterocycles. The molecular formula is C13H25NO2S. The van der Waals surface area contributed by atoms with Gasteiger partial charge in [0.2, 0.25) is 0 Å². The summed E-state index contributed by atoms with van der Waals surface area (Å²) in [5.41, 5.74) is -0.172. The topological polar surface area (TPSA) is 46.2 Å². The number of rotatable bonds is 3. The second-order valence-corrected chi connectivity index (χ2v) is 8.29. The first-order chi connectivity index (χ1) is 7.94. The lowest BCUT2D eigenvalue weighted by atomic mass is 9.81. The van der Waals surface area contributed by atoms with Crippen molar-refractivity contribution in [3.63, 3.8) is 0 Å². The van der Waals surface area contributed by atoms with Gasteiger partial charge < -0.3 is 5.32 Å². The molecule has 4 heteroatoms. The summed E-state index contributed by atoms with van der Waals surface area (Å²) in [6.45, 7) is 4.33. The van der Waals surface area contributed by atoms with Crippen molar-refractivity contribution < 1.29 is 8.42 Å². The Morgan fingerprint density at radius 1 is 1.29 bits per heavy atom. The molecule has 1 aliphatic carbocycles. The maximum absolute atomic E-state index is 11.6. The fourth-order valence-electron chi connectivity index (χ4n) is 3.46. The van der Waals surface area contributed by atoms with Crippen molar-refractivity contribution in [2.24, 2.45) is 5.92 Å². The van der Waals surface area contributed by atoms with E-state index >= 15 is 0 Å². The molecule has 1 saturated heterocycles. The lowest BCUT2D eigenvalue weighted by Crippen LogP contribution is -2.52. The van der Waals surface area contributed by atoms with Gasteiger partial charge in [0.25, 0.3) is 0 Å². The summed E-state index contributed by atoms with van der Waals surface area (Å²) in [6, 6.07) is 0.534. The average molecular weight is 259 g/mol. The minimum absolute atomic E-state index is 0.172. The molecule has 1 N–H and O–H groups in total. The monoisotopic (exact) mass is 259 g/mol. The van der Waals surface area contributed by atoms with Crippen LogP contribution in [-0.4, -0.2) is 31.5 Å². The summed E-state index contributed by atoms with van der Waals surface area (Å²) in [6.07, 6.45) is 7.14. The van der Waals surface area contributed by atoms with Crippen molar-refractivity contribution in [1.82, 2.24) is 5.32 Å². The summed E-state index contributed by atoms with van der Waals surface area (Å²) in [5.74, 6) is 1.43. The van der Waals surface area contributed by atoms with Crippen LogP contribution < -0.4 is 5.32 Å². The summed E-state index contributed by atoms with van der Waals surface area (Å²) in [7, 11) is -2.79. The van der Waals surface area contributed by atoms with Crippen LogP contribution in [0.2, 0.25) is 0 Å². The second kappa shape index (κ2) is 4.88. The third kappa shape index (κ3) is 3.22. The van der Waals surface area contributed by atoms with Gasteiger partial charge in [-0.25, -0.2) is 8.42 Å². The van der Waals surface area contributed by atoms with E-state index in [0.717, 1.165) is 12.3 Å². The van der Waals surface area contributed by atoms with Crippen molar-refractivity contribution in [1.29, 1.82) is 0 Å². The summed E-state index contributed by atoms with van der Waals surface area (Å²) < 4.78 is 23.2. The van der Waals surface area contributed by atoms with Gasteiger partial charge >= 0.3 is 0 Å². The van der Waals surface area contributed by atoms with E-state index in [1.807, 2.05) is 0 Å². The maximum Gasteiger partial charge on any atom is 0.152 e. The molecule has 0 aromatic rings. The Labute approximate surface area is 105 Å². The molecule has 0 bridgehead atoms. The summed E-state index contributed by atoms with van der Waals surface area (Å²) in [4.78, 5) is 0. The third-order valence-electron chi connectivity index (χ3n) is 4.47. The molecule has 1 aliphatic heterocycles. The zero-order valence-electron chi connectivity index (χ0n) is 11.0. The molecule has 17 heavy (non-hydrogen) atoms. The van der Waals surface area contributed by atoms with Crippen LogP contribution in [-0.2, 0) is 9.84 Å². The summed E-state index contributed by atoms with van der Waals surface area (Å²) in [5, 5.41) is 3.67. The van der Waals surface area contributed by atoms with Gasteiger partial charge in [0.1, 0.15) is 0 Å². The van der Waals surface area contributed by atoms with Gasteiger partial charge in [0, 0.05) is 11.6 Å². The van der Waals surface area contributed by atoms with E-state index in [1.165, 1.54) is 32.1 Å². The highest BCUT2D eigenvalue weighted by Crippen LogP contribution is 2.31. The molecule has 0 radical (unpaired) electrons. The Morgan fingerprint density at radius 3 is 2.59 bits per heavy atom. The average Bonchev–Trinajstić information content (AvgIpc) is 2.53. The Bertz CT molecular complexity index is 366. The van der Waals surface area contributed by atoms with Gasteiger partial charge in [0.05, 0.1) is 11.5 Å². The fourth-order valence-corrected chi connectivity index (χ4v) is 5.56. The molecule has 0 amide bonds. The van der Waals surface area contributed by atoms with Crippen molar-refractivity contribution in [3.05, 3.63) is 0 Å². The molecule has 1 saturated carbocycles. The predicted molar refractivity (Wildman–Crippen MR) is 70.8 cm³/mol. The molecule has 1 heterocycles. The van der Waals surface area contributed by atoms with Gasteiger partial charge in [-0.05, 0) is 32.1 Å². The van der Waals surface area contributed by atoms with E-state index in [0.29, 0.717) is 17.5 Å². The molecule has 3 atom stereocenters. The van der Waals surface area contributed by atoms with Crippen molar-refractivity contribution >= 4 is 9.84 Å². The minimum Gasteiger partial charge on any atom is -0.307 e. The van der Waals surface area contributed by atoms with Gasteiger partial charge in [-0.2, -0.15) is 0 Å². The standard InChI is InChI=1S/C13H25NO2S/c1-3-11-6-4-5-7-12(11)14-13(2)8-9-17(15,16)10-13/h11-12,14H,3-10H2,1-2H3. The molecule has 0 aromatic carbocycles. The molecule has 3 nitrogen and oxygen atoms in total. The number of sulfone groups is 1. The molecule has 3 unspecified atom stereocenters. The predicted octanol–water partition coefficient (Wildman–Crippen LogP) is 2.12. The number of hydrogen-bond donors (Lipinski definition) is 1. The van der Waals surface area contributed by atoms with E-state index in [1.54, 1.807) is 0 Å². The van der Waals surface area contributed by atoms with Crippen molar-refractivity contribution in [2.45, 2.75) is 64.0 Å². The van der Waals surface area contributed by atoms with Crippen LogP contribution in [0.25, 0.3) is 0 Å². The van der Waals surface area contributed by atoms with Crippen LogP contribution in [0.1, 0.15) is 52.4 Å². The second-order valence-electron chi connectivity index (χ2n) is 6.11. The quantitative estimate of drug-likeness (QED) is 0.844. The fraction of sp³-hybridized carbons (Fsp3) is 1.00. The SMILES string of the molecule is CCC1CCCCC1NC1(C)CCS(=O)(=O)C1. The zero-order valence-corrected chi connectivity index (χ0v) is 11.9. The minimum atomic E-state index is -2.79. The molecule has 2 aliphatic rings. The van der Waals surface area contributed by atoms with E-state index in [2.05, 4.69) is 19.2 Å². The van der Waals surface area contributed by atoms with Crippen LogP contribution >= 0.6 is 0 Å². The molecule has 0 spiro atoms. The number of hydrogen-bond acceptors (Lipinski definition) is 3. The highest BCUT2D eigenvalue weighted by Gasteiger charge is 2.40. The first kappa shape index (κ1) is 13.3. The maximum atomic E-state index is 11.6. The van der Waals surface area contributed by atoms with Crippen molar-refractivity contribution in [3.8, 4) is 0 Å². The Kier molecular flexibility index (Phi) is 3.83. The lowest BCUT2D eigenvalue weighted by Gasteiger charge is -2.38. The first-order valence-corrected chi connectivity index (χ1v) is 8.74. The smallest absolute Gasteiger partial charge is 0.152 e.